The first-order valence-corrected chi connectivity index (χ1v) is 5.31. The second-order valence-electron chi connectivity index (χ2n) is 3.44. The number of hydrogen-bond donors (Lipinski definition) is 1. The van der Waals surface area contributed by atoms with Gasteiger partial charge in [-0.1, -0.05) is 12.1 Å². The van der Waals surface area contributed by atoms with Crippen LogP contribution in [0, 0.1) is 0 Å². The van der Waals surface area contributed by atoms with Crippen molar-refractivity contribution in [2.24, 2.45) is 0 Å². The number of carboxylic acid groups (broad SMARTS) is 1. The Morgan fingerprint density at radius 3 is 2.71 bits per heavy atom. The van der Waals surface area contributed by atoms with Gasteiger partial charge in [0.2, 0.25) is 0 Å². The zero-order valence-corrected chi connectivity index (χ0v) is 10.2. The zero-order chi connectivity index (χ0) is 12.8. The quantitative estimate of drug-likeness (QED) is 0.798. The maximum Gasteiger partial charge on any atom is 0.331 e. The Morgan fingerprint density at radius 1 is 1.47 bits per heavy atom. The van der Waals surface area contributed by atoms with Gasteiger partial charge in [0.25, 0.3) is 0 Å². The van der Waals surface area contributed by atoms with Crippen LogP contribution in [0.4, 0.5) is 0 Å². The molecular formula is C13H16O4. The predicted octanol–water partition coefficient (Wildman–Crippen LogP) is 2.58. The van der Waals surface area contributed by atoms with Gasteiger partial charge in [0.1, 0.15) is 0 Å². The Morgan fingerprint density at radius 2 is 2.18 bits per heavy atom. The number of methoxy groups -OCH3 is 1. The fourth-order valence-corrected chi connectivity index (χ4v) is 1.40. The van der Waals surface area contributed by atoms with Crippen molar-refractivity contribution in [1.82, 2.24) is 0 Å². The fraction of sp³-hybridized carbons (Fsp3) is 0.308. The van der Waals surface area contributed by atoms with Crippen LogP contribution in [0.25, 0.3) is 6.08 Å². The third-order valence-electron chi connectivity index (χ3n) is 2.23. The van der Waals surface area contributed by atoms with Crippen LogP contribution in [0.5, 0.6) is 11.5 Å². The Bertz CT molecular complexity index is 435. The molecule has 1 aromatic rings. The highest BCUT2D eigenvalue weighted by Crippen LogP contribution is 2.32. The topological polar surface area (TPSA) is 55.8 Å². The van der Waals surface area contributed by atoms with E-state index in [4.69, 9.17) is 14.6 Å². The van der Waals surface area contributed by atoms with Gasteiger partial charge in [-0.3, -0.25) is 0 Å². The Labute approximate surface area is 100 Å². The first-order valence-electron chi connectivity index (χ1n) is 5.31. The van der Waals surface area contributed by atoms with Crippen LogP contribution < -0.4 is 9.47 Å². The van der Waals surface area contributed by atoms with Crippen LogP contribution in [-0.4, -0.2) is 24.8 Å². The van der Waals surface area contributed by atoms with Gasteiger partial charge in [-0.25, -0.2) is 4.79 Å². The summed E-state index contributed by atoms with van der Waals surface area (Å²) in [6.07, 6.45) is 1.57. The summed E-state index contributed by atoms with van der Waals surface area (Å²) < 4.78 is 10.7. The van der Waals surface area contributed by atoms with Gasteiger partial charge >= 0.3 is 5.97 Å². The van der Waals surface area contributed by atoms with E-state index in [0.29, 0.717) is 23.7 Å². The first kappa shape index (κ1) is 13.1. The molecule has 1 rings (SSSR count). The number of hydrogen-bond acceptors (Lipinski definition) is 3. The summed E-state index contributed by atoms with van der Waals surface area (Å²) in [6.45, 7) is 3.90. The number of para-hydroxylation sites is 1. The maximum absolute atomic E-state index is 10.8. The molecule has 0 unspecified atom stereocenters. The van der Waals surface area contributed by atoms with E-state index in [2.05, 4.69) is 0 Å². The summed E-state index contributed by atoms with van der Waals surface area (Å²) in [5, 5.41) is 8.85. The maximum atomic E-state index is 10.8. The third kappa shape index (κ3) is 3.24. The van der Waals surface area contributed by atoms with Crippen molar-refractivity contribution in [3.63, 3.8) is 0 Å². The SMILES string of the molecule is CCOc1c(/C=C(\C)C(=O)O)cccc1OC. The number of carboxylic acids is 1. The van der Waals surface area contributed by atoms with Crippen LogP contribution in [0.15, 0.2) is 23.8 Å². The molecule has 1 N–H and O–H groups in total. The minimum Gasteiger partial charge on any atom is -0.493 e. The van der Waals surface area contributed by atoms with E-state index >= 15 is 0 Å². The van der Waals surface area contributed by atoms with Crippen LogP contribution in [0.2, 0.25) is 0 Å². The molecule has 0 aromatic heterocycles. The molecule has 0 fully saturated rings. The zero-order valence-electron chi connectivity index (χ0n) is 10.2. The van der Waals surface area contributed by atoms with Gasteiger partial charge in [-0.2, -0.15) is 0 Å². The van der Waals surface area contributed by atoms with Crippen molar-refractivity contribution in [2.75, 3.05) is 13.7 Å². The summed E-state index contributed by atoms with van der Waals surface area (Å²) in [5.74, 6) is 0.215. The Balaban J connectivity index is 3.23. The molecule has 0 amide bonds. The molecule has 92 valence electrons. The van der Waals surface area contributed by atoms with Crippen LogP contribution in [0.1, 0.15) is 19.4 Å². The normalized spacial score (nSPS) is 11.1. The van der Waals surface area contributed by atoms with Crippen LogP contribution in [0.3, 0.4) is 0 Å². The predicted molar refractivity (Wildman–Crippen MR) is 65.4 cm³/mol. The van der Waals surface area contributed by atoms with Gasteiger partial charge in [-0.15, -0.1) is 0 Å². The number of rotatable bonds is 5. The lowest BCUT2D eigenvalue weighted by atomic mass is 10.1. The highest BCUT2D eigenvalue weighted by molar-refractivity contribution is 5.92. The third-order valence-corrected chi connectivity index (χ3v) is 2.23. The van der Waals surface area contributed by atoms with E-state index < -0.39 is 5.97 Å². The summed E-state index contributed by atoms with van der Waals surface area (Å²) >= 11 is 0. The van der Waals surface area contributed by atoms with E-state index in [-0.39, 0.29) is 5.57 Å². The summed E-state index contributed by atoms with van der Waals surface area (Å²) in [5.41, 5.74) is 0.949. The first-order chi connectivity index (χ1) is 8.10. The van der Waals surface area contributed by atoms with E-state index in [0.717, 1.165) is 0 Å². The minimum absolute atomic E-state index is 0.249. The largest absolute Gasteiger partial charge is 0.493 e. The molecule has 0 saturated heterocycles. The van der Waals surface area contributed by atoms with Gasteiger partial charge < -0.3 is 14.6 Å². The Hall–Kier alpha value is -1.97. The lowest BCUT2D eigenvalue weighted by Gasteiger charge is -2.12. The molecule has 0 radical (unpaired) electrons. The molecule has 0 saturated carbocycles. The smallest absolute Gasteiger partial charge is 0.331 e. The molecule has 1 aromatic carbocycles. The standard InChI is InChI=1S/C13H16O4/c1-4-17-12-10(8-9(2)13(14)15)6-5-7-11(12)16-3/h5-8H,4H2,1-3H3,(H,14,15)/b9-8+. The molecule has 0 spiro atoms. The molecule has 0 atom stereocenters. The molecule has 17 heavy (non-hydrogen) atoms. The van der Waals surface area contributed by atoms with E-state index in [9.17, 15) is 4.79 Å². The highest BCUT2D eigenvalue weighted by atomic mass is 16.5. The fourth-order valence-electron chi connectivity index (χ4n) is 1.40. The average molecular weight is 236 g/mol. The van der Waals surface area contributed by atoms with E-state index in [1.165, 1.54) is 6.92 Å². The summed E-state index contributed by atoms with van der Waals surface area (Å²) in [4.78, 5) is 10.8. The van der Waals surface area contributed by atoms with Crippen molar-refractivity contribution >= 4 is 12.0 Å². The molecule has 0 aliphatic rings. The van der Waals surface area contributed by atoms with Crippen LogP contribution >= 0.6 is 0 Å². The van der Waals surface area contributed by atoms with Crippen molar-refractivity contribution in [3.8, 4) is 11.5 Å². The second kappa shape index (κ2) is 5.94. The molecule has 0 bridgehead atoms. The van der Waals surface area contributed by atoms with E-state index in [1.54, 1.807) is 31.4 Å². The number of benzene rings is 1. The van der Waals surface area contributed by atoms with Crippen molar-refractivity contribution in [2.45, 2.75) is 13.8 Å². The number of carbonyl (C=O) groups is 1. The molecule has 0 heterocycles. The summed E-state index contributed by atoms with van der Waals surface area (Å²) in [6, 6.07) is 5.36. The highest BCUT2D eigenvalue weighted by Gasteiger charge is 2.10. The number of aliphatic carboxylic acids is 1. The molecule has 0 aliphatic carbocycles. The molecule has 4 heteroatoms. The van der Waals surface area contributed by atoms with Crippen molar-refractivity contribution < 1.29 is 19.4 Å². The van der Waals surface area contributed by atoms with Crippen molar-refractivity contribution in [1.29, 1.82) is 0 Å². The molecule has 4 nitrogen and oxygen atoms in total. The summed E-state index contributed by atoms with van der Waals surface area (Å²) in [7, 11) is 1.55. The molecular weight excluding hydrogens is 220 g/mol. The van der Waals surface area contributed by atoms with Crippen LogP contribution in [-0.2, 0) is 4.79 Å². The van der Waals surface area contributed by atoms with E-state index in [1.807, 2.05) is 6.92 Å². The van der Waals surface area contributed by atoms with Gasteiger partial charge in [0.15, 0.2) is 11.5 Å². The van der Waals surface area contributed by atoms with Gasteiger partial charge in [-0.05, 0) is 26.0 Å². The number of ether oxygens (including phenoxy) is 2. The second-order valence-corrected chi connectivity index (χ2v) is 3.44. The molecule has 0 aliphatic heterocycles. The average Bonchev–Trinajstić information content (AvgIpc) is 2.31. The minimum atomic E-state index is -0.949. The van der Waals surface area contributed by atoms with Crippen molar-refractivity contribution in [3.05, 3.63) is 29.3 Å². The lowest BCUT2D eigenvalue weighted by Crippen LogP contribution is -1.99. The lowest BCUT2D eigenvalue weighted by molar-refractivity contribution is -0.132. The van der Waals surface area contributed by atoms with Gasteiger partial charge in [0.05, 0.1) is 13.7 Å². The Kier molecular flexibility index (Phi) is 4.57. The monoisotopic (exact) mass is 236 g/mol. The van der Waals surface area contributed by atoms with Gasteiger partial charge in [0, 0.05) is 11.1 Å².